The molecule has 128 valence electrons. The van der Waals surface area contributed by atoms with Crippen LogP contribution in [0.1, 0.15) is 17.3 Å². The van der Waals surface area contributed by atoms with Gasteiger partial charge < -0.3 is 4.57 Å². The van der Waals surface area contributed by atoms with Crippen molar-refractivity contribution in [3.63, 3.8) is 0 Å². The number of fused-ring (bicyclic) bond motifs is 1. The van der Waals surface area contributed by atoms with Crippen LogP contribution in [-0.4, -0.2) is 23.8 Å². The first-order valence-electron chi connectivity index (χ1n) is 8.05. The monoisotopic (exact) mass is 356 g/mol. The highest BCUT2D eigenvalue weighted by Crippen LogP contribution is 2.36. The van der Waals surface area contributed by atoms with Gasteiger partial charge in [0.25, 0.3) is 0 Å². The Kier molecular flexibility index (Phi) is 3.94. The second-order valence-electron chi connectivity index (χ2n) is 6.01. The maximum atomic E-state index is 13.2. The van der Waals surface area contributed by atoms with Crippen molar-refractivity contribution in [2.24, 2.45) is 0 Å². The van der Waals surface area contributed by atoms with E-state index in [0.717, 1.165) is 11.3 Å². The third-order valence-corrected chi connectivity index (χ3v) is 6.41. The summed E-state index contributed by atoms with van der Waals surface area (Å²) in [5.74, 6) is -0.453. The molecule has 0 saturated heterocycles. The van der Waals surface area contributed by atoms with Crippen molar-refractivity contribution in [3.8, 4) is 0 Å². The number of rotatable bonds is 3. The van der Waals surface area contributed by atoms with E-state index >= 15 is 0 Å². The Morgan fingerprint density at radius 2 is 1.60 bits per heavy atom. The van der Waals surface area contributed by atoms with E-state index < -0.39 is 21.9 Å². The molecule has 6 heteroatoms. The Bertz CT molecular complexity index is 982. The Morgan fingerprint density at radius 1 is 0.880 bits per heavy atom. The summed E-state index contributed by atoms with van der Waals surface area (Å²) in [7, 11) is -3.74. The lowest BCUT2D eigenvalue weighted by molar-refractivity contribution is 0.298. The highest BCUT2D eigenvalue weighted by Gasteiger charge is 2.37. The molecule has 0 N–H and O–H groups in total. The van der Waals surface area contributed by atoms with Crippen molar-refractivity contribution >= 4 is 10.0 Å². The minimum absolute atomic E-state index is 0.106. The number of hydrogen-bond donors (Lipinski definition) is 0. The van der Waals surface area contributed by atoms with E-state index in [1.807, 2.05) is 48.7 Å². The zero-order valence-electron chi connectivity index (χ0n) is 13.4. The Hall–Kier alpha value is -2.44. The number of benzene rings is 2. The Morgan fingerprint density at radius 3 is 2.32 bits per heavy atom. The molecule has 1 aliphatic rings. The van der Waals surface area contributed by atoms with Crippen molar-refractivity contribution in [2.45, 2.75) is 17.5 Å². The van der Waals surface area contributed by atoms with E-state index in [2.05, 4.69) is 4.57 Å². The molecule has 0 amide bonds. The van der Waals surface area contributed by atoms with Gasteiger partial charge in [0.05, 0.1) is 10.9 Å². The van der Waals surface area contributed by atoms with Gasteiger partial charge in [0, 0.05) is 25.0 Å². The van der Waals surface area contributed by atoms with Gasteiger partial charge in [-0.2, -0.15) is 4.31 Å². The summed E-state index contributed by atoms with van der Waals surface area (Å²) in [5.41, 5.74) is 1.84. The standard InChI is InChI=1S/C19H17FN2O2S/c20-16-8-10-17(11-9-16)25(23,24)22-14-13-21-12-4-7-18(21)19(22)15-5-2-1-3-6-15/h1-12,19H,13-14H2/t19-/m0/s1. The van der Waals surface area contributed by atoms with Crippen LogP contribution in [-0.2, 0) is 16.6 Å². The second kappa shape index (κ2) is 6.13. The molecule has 1 atom stereocenters. The third kappa shape index (κ3) is 2.77. The summed E-state index contributed by atoms with van der Waals surface area (Å²) in [5, 5.41) is 0. The molecule has 0 fully saturated rings. The minimum Gasteiger partial charge on any atom is -0.348 e. The number of hydrogen-bond acceptors (Lipinski definition) is 2. The van der Waals surface area contributed by atoms with Crippen molar-refractivity contribution in [1.82, 2.24) is 8.87 Å². The van der Waals surface area contributed by atoms with E-state index in [-0.39, 0.29) is 4.90 Å². The van der Waals surface area contributed by atoms with E-state index in [1.165, 1.54) is 28.6 Å². The number of sulfonamides is 1. The maximum absolute atomic E-state index is 13.2. The predicted octanol–water partition coefficient (Wildman–Crippen LogP) is 3.42. The van der Waals surface area contributed by atoms with Crippen LogP contribution < -0.4 is 0 Å². The Balaban J connectivity index is 1.84. The first-order valence-corrected chi connectivity index (χ1v) is 9.49. The molecule has 1 aromatic heterocycles. The average molecular weight is 356 g/mol. The van der Waals surface area contributed by atoms with Gasteiger partial charge >= 0.3 is 0 Å². The number of aromatic nitrogens is 1. The van der Waals surface area contributed by atoms with Crippen LogP contribution in [0.2, 0.25) is 0 Å². The van der Waals surface area contributed by atoms with Gasteiger partial charge in [0.1, 0.15) is 5.82 Å². The molecule has 4 nitrogen and oxygen atoms in total. The minimum atomic E-state index is -3.74. The van der Waals surface area contributed by atoms with E-state index in [1.54, 1.807) is 0 Å². The van der Waals surface area contributed by atoms with Gasteiger partial charge in [-0.25, -0.2) is 12.8 Å². The highest BCUT2D eigenvalue weighted by molar-refractivity contribution is 7.89. The number of halogens is 1. The maximum Gasteiger partial charge on any atom is 0.244 e. The van der Waals surface area contributed by atoms with Gasteiger partial charge in [-0.3, -0.25) is 0 Å². The van der Waals surface area contributed by atoms with E-state index in [4.69, 9.17) is 0 Å². The Labute approximate surface area is 146 Å². The smallest absolute Gasteiger partial charge is 0.244 e. The largest absolute Gasteiger partial charge is 0.348 e. The molecule has 2 heterocycles. The lowest BCUT2D eigenvalue weighted by Gasteiger charge is -2.36. The topological polar surface area (TPSA) is 42.3 Å². The van der Waals surface area contributed by atoms with Crippen molar-refractivity contribution in [3.05, 3.63) is 90.0 Å². The van der Waals surface area contributed by atoms with Crippen LogP contribution in [0.5, 0.6) is 0 Å². The van der Waals surface area contributed by atoms with Gasteiger partial charge in [0.2, 0.25) is 10.0 Å². The molecule has 1 aliphatic heterocycles. The molecule has 0 unspecified atom stereocenters. The summed E-state index contributed by atoms with van der Waals surface area (Å²) in [6.45, 7) is 0.951. The molecule has 0 saturated carbocycles. The SMILES string of the molecule is O=S(=O)(c1ccc(F)cc1)N1CCn2cccc2[C@@H]1c1ccccc1. The number of nitrogens with zero attached hydrogens (tertiary/aromatic N) is 2. The second-order valence-corrected chi connectivity index (χ2v) is 7.90. The highest BCUT2D eigenvalue weighted by atomic mass is 32.2. The fourth-order valence-corrected chi connectivity index (χ4v) is 4.92. The lowest BCUT2D eigenvalue weighted by Crippen LogP contribution is -2.42. The zero-order chi connectivity index (χ0) is 17.4. The summed E-state index contributed by atoms with van der Waals surface area (Å²) < 4.78 is 43.2. The lowest BCUT2D eigenvalue weighted by atomic mass is 10.0. The quantitative estimate of drug-likeness (QED) is 0.722. The molecule has 25 heavy (non-hydrogen) atoms. The molecule has 0 spiro atoms. The summed E-state index contributed by atoms with van der Waals surface area (Å²) in [4.78, 5) is 0.106. The van der Waals surface area contributed by atoms with Gasteiger partial charge in [0.15, 0.2) is 0 Å². The van der Waals surface area contributed by atoms with Gasteiger partial charge in [-0.15, -0.1) is 0 Å². The van der Waals surface area contributed by atoms with Crippen LogP contribution >= 0.6 is 0 Å². The van der Waals surface area contributed by atoms with Crippen molar-refractivity contribution in [1.29, 1.82) is 0 Å². The first-order chi connectivity index (χ1) is 12.1. The molecule has 3 aromatic rings. The molecule has 2 aromatic carbocycles. The fourth-order valence-electron chi connectivity index (χ4n) is 3.34. The normalized spacial score (nSPS) is 18.0. The van der Waals surface area contributed by atoms with Crippen LogP contribution in [0.25, 0.3) is 0 Å². The fraction of sp³-hybridized carbons (Fsp3) is 0.158. The van der Waals surface area contributed by atoms with Crippen LogP contribution in [0.4, 0.5) is 4.39 Å². The van der Waals surface area contributed by atoms with E-state index in [0.29, 0.717) is 13.1 Å². The van der Waals surface area contributed by atoms with Gasteiger partial charge in [-0.1, -0.05) is 30.3 Å². The van der Waals surface area contributed by atoms with Crippen LogP contribution in [0, 0.1) is 5.82 Å². The zero-order valence-corrected chi connectivity index (χ0v) is 14.2. The van der Waals surface area contributed by atoms with Crippen molar-refractivity contribution < 1.29 is 12.8 Å². The van der Waals surface area contributed by atoms with Crippen LogP contribution in [0.15, 0.2) is 77.8 Å². The molecule has 0 radical (unpaired) electrons. The average Bonchev–Trinajstić information content (AvgIpc) is 3.10. The summed E-state index contributed by atoms with van der Waals surface area (Å²) in [6.07, 6.45) is 1.97. The molecule has 0 aliphatic carbocycles. The summed E-state index contributed by atoms with van der Waals surface area (Å²) >= 11 is 0. The summed E-state index contributed by atoms with van der Waals surface area (Å²) in [6, 6.07) is 18.0. The first kappa shape index (κ1) is 16.1. The molecular formula is C19H17FN2O2S. The van der Waals surface area contributed by atoms with Crippen molar-refractivity contribution in [2.75, 3.05) is 6.54 Å². The van der Waals surface area contributed by atoms with Crippen LogP contribution in [0.3, 0.4) is 0 Å². The molecular weight excluding hydrogens is 339 g/mol. The third-order valence-electron chi connectivity index (χ3n) is 4.53. The van der Waals surface area contributed by atoms with E-state index in [9.17, 15) is 12.8 Å². The molecule has 4 rings (SSSR count). The van der Waals surface area contributed by atoms with Gasteiger partial charge in [-0.05, 0) is 42.0 Å². The molecule has 0 bridgehead atoms. The predicted molar refractivity (Wildman–Crippen MR) is 93.0 cm³/mol.